The largest absolute Gasteiger partial charge is 0.507 e. The van der Waals surface area contributed by atoms with Gasteiger partial charge in [0.1, 0.15) is 17.2 Å². The highest BCUT2D eigenvalue weighted by Crippen LogP contribution is 2.42. The first-order valence-corrected chi connectivity index (χ1v) is 8.09. The molecule has 1 aliphatic carbocycles. The molecule has 1 aliphatic rings. The first-order valence-electron chi connectivity index (χ1n) is 8.09. The molecular formula is C21H17NO3. The molecule has 4 heteroatoms. The Balaban J connectivity index is 1.93. The van der Waals surface area contributed by atoms with Gasteiger partial charge in [0.05, 0.1) is 5.56 Å². The van der Waals surface area contributed by atoms with Crippen LogP contribution in [0.15, 0.2) is 65.6 Å². The van der Waals surface area contributed by atoms with Crippen molar-refractivity contribution >= 4 is 6.08 Å². The Hall–Kier alpha value is -3.27. The SMILES string of the molecule is Cn1cc(-c2c(O)cccc2Oc2ccccc2)c2c(c1=O)CC=C2. The van der Waals surface area contributed by atoms with Gasteiger partial charge in [0, 0.05) is 24.4 Å². The summed E-state index contributed by atoms with van der Waals surface area (Å²) in [7, 11) is 1.72. The normalized spacial score (nSPS) is 12.2. The summed E-state index contributed by atoms with van der Waals surface area (Å²) in [4.78, 5) is 12.3. The molecule has 0 saturated carbocycles. The summed E-state index contributed by atoms with van der Waals surface area (Å²) in [6, 6.07) is 14.6. The van der Waals surface area contributed by atoms with Gasteiger partial charge in [-0.25, -0.2) is 0 Å². The Labute approximate surface area is 145 Å². The van der Waals surface area contributed by atoms with E-state index in [1.165, 1.54) is 0 Å². The lowest BCUT2D eigenvalue weighted by atomic mass is 9.98. The van der Waals surface area contributed by atoms with Crippen molar-refractivity contribution in [2.75, 3.05) is 0 Å². The number of phenolic OH excluding ortho intramolecular Hbond substituents is 1. The van der Waals surface area contributed by atoms with Gasteiger partial charge >= 0.3 is 0 Å². The van der Waals surface area contributed by atoms with Gasteiger partial charge in [-0.3, -0.25) is 4.79 Å². The minimum atomic E-state index is -0.00954. The van der Waals surface area contributed by atoms with Crippen LogP contribution in [0.5, 0.6) is 17.2 Å². The van der Waals surface area contributed by atoms with Crippen molar-refractivity contribution in [3.8, 4) is 28.4 Å². The zero-order valence-corrected chi connectivity index (χ0v) is 13.8. The predicted molar refractivity (Wildman–Crippen MR) is 98.0 cm³/mol. The van der Waals surface area contributed by atoms with E-state index in [1.54, 1.807) is 29.9 Å². The predicted octanol–water partition coefficient (Wildman–Crippen LogP) is 4.12. The van der Waals surface area contributed by atoms with Crippen LogP contribution in [0.2, 0.25) is 0 Å². The molecule has 0 radical (unpaired) electrons. The van der Waals surface area contributed by atoms with E-state index in [-0.39, 0.29) is 11.3 Å². The molecule has 1 N–H and O–H groups in total. The van der Waals surface area contributed by atoms with Crippen LogP contribution in [0.4, 0.5) is 0 Å². The van der Waals surface area contributed by atoms with Gasteiger partial charge in [0.2, 0.25) is 0 Å². The molecule has 0 spiro atoms. The number of ether oxygens (including phenoxy) is 1. The number of hydrogen-bond donors (Lipinski definition) is 1. The summed E-state index contributed by atoms with van der Waals surface area (Å²) in [5, 5.41) is 10.5. The molecular weight excluding hydrogens is 314 g/mol. The molecule has 2 aromatic carbocycles. The third kappa shape index (κ3) is 2.62. The van der Waals surface area contributed by atoms with E-state index in [9.17, 15) is 9.90 Å². The number of hydrogen-bond acceptors (Lipinski definition) is 3. The standard InChI is InChI=1S/C21H17NO3/c1-22-13-17(15-9-5-10-16(15)21(22)24)20-18(23)11-6-12-19(20)25-14-7-3-2-4-8-14/h2-9,11-13,23H,10H2,1H3. The molecule has 4 nitrogen and oxygen atoms in total. The van der Waals surface area contributed by atoms with Crippen LogP contribution in [-0.2, 0) is 13.5 Å². The summed E-state index contributed by atoms with van der Waals surface area (Å²) >= 11 is 0. The summed E-state index contributed by atoms with van der Waals surface area (Å²) in [5.74, 6) is 1.35. The maximum Gasteiger partial charge on any atom is 0.254 e. The monoisotopic (exact) mass is 331 g/mol. The van der Waals surface area contributed by atoms with Gasteiger partial charge in [0.25, 0.3) is 5.56 Å². The first-order chi connectivity index (χ1) is 12.1. The van der Waals surface area contributed by atoms with E-state index in [0.29, 0.717) is 23.5 Å². The molecule has 124 valence electrons. The molecule has 0 bridgehead atoms. The van der Waals surface area contributed by atoms with E-state index in [2.05, 4.69) is 0 Å². The van der Waals surface area contributed by atoms with Gasteiger partial charge < -0.3 is 14.4 Å². The fraction of sp³-hybridized carbons (Fsp3) is 0.0952. The van der Waals surface area contributed by atoms with Crippen LogP contribution in [0.3, 0.4) is 0 Å². The first kappa shape index (κ1) is 15.3. The zero-order valence-electron chi connectivity index (χ0n) is 13.8. The van der Waals surface area contributed by atoms with Gasteiger partial charge in [-0.2, -0.15) is 0 Å². The van der Waals surface area contributed by atoms with Gasteiger partial charge in [0.15, 0.2) is 0 Å². The lowest BCUT2D eigenvalue weighted by Gasteiger charge is -2.16. The maximum atomic E-state index is 12.3. The molecule has 1 heterocycles. The lowest BCUT2D eigenvalue weighted by Crippen LogP contribution is -2.21. The van der Waals surface area contributed by atoms with E-state index >= 15 is 0 Å². The third-order valence-electron chi connectivity index (χ3n) is 4.37. The molecule has 0 aliphatic heterocycles. The second-order valence-corrected chi connectivity index (χ2v) is 6.02. The van der Waals surface area contributed by atoms with Crippen molar-refractivity contribution in [1.82, 2.24) is 4.57 Å². The molecule has 3 aromatic rings. The number of aryl methyl sites for hydroxylation is 1. The van der Waals surface area contributed by atoms with Crippen molar-refractivity contribution in [2.45, 2.75) is 6.42 Å². The number of fused-ring (bicyclic) bond motifs is 1. The highest BCUT2D eigenvalue weighted by molar-refractivity contribution is 5.85. The van der Waals surface area contributed by atoms with Crippen molar-refractivity contribution in [1.29, 1.82) is 0 Å². The fourth-order valence-corrected chi connectivity index (χ4v) is 3.18. The number of benzene rings is 2. The average Bonchev–Trinajstić information content (AvgIpc) is 3.10. The number of allylic oxidation sites excluding steroid dienone is 1. The molecule has 0 amide bonds. The molecule has 0 saturated heterocycles. The molecule has 0 fully saturated rings. The number of aromatic nitrogens is 1. The van der Waals surface area contributed by atoms with Crippen molar-refractivity contribution < 1.29 is 9.84 Å². The van der Waals surface area contributed by atoms with Crippen LogP contribution >= 0.6 is 0 Å². The van der Waals surface area contributed by atoms with Crippen molar-refractivity contribution in [2.24, 2.45) is 7.05 Å². The van der Waals surface area contributed by atoms with E-state index in [1.807, 2.05) is 48.6 Å². The molecule has 25 heavy (non-hydrogen) atoms. The number of pyridine rings is 1. The minimum Gasteiger partial charge on any atom is -0.507 e. The number of nitrogens with zero attached hydrogens (tertiary/aromatic N) is 1. The summed E-state index contributed by atoms with van der Waals surface area (Å²) in [6.45, 7) is 0. The van der Waals surface area contributed by atoms with Gasteiger partial charge in [-0.05, 0) is 36.2 Å². The number of rotatable bonds is 3. The second kappa shape index (κ2) is 5.98. The van der Waals surface area contributed by atoms with Crippen molar-refractivity contribution in [3.63, 3.8) is 0 Å². The summed E-state index contributed by atoms with van der Waals surface area (Å²) in [6.07, 6.45) is 6.26. The number of phenols is 1. The molecule has 4 rings (SSSR count). The summed E-state index contributed by atoms with van der Waals surface area (Å²) < 4.78 is 7.56. The minimum absolute atomic E-state index is 0.00954. The highest BCUT2D eigenvalue weighted by atomic mass is 16.5. The Kier molecular flexibility index (Phi) is 3.65. The average molecular weight is 331 g/mol. The molecule has 1 aromatic heterocycles. The highest BCUT2D eigenvalue weighted by Gasteiger charge is 2.21. The van der Waals surface area contributed by atoms with Crippen LogP contribution in [0, 0.1) is 0 Å². The van der Waals surface area contributed by atoms with E-state index < -0.39 is 0 Å². The Bertz CT molecular complexity index is 1030. The topological polar surface area (TPSA) is 51.5 Å². The van der Waals surface area contributed by atoms with Crippen LogP contribution in [0.1, 0.15) is 11.1 Å². The maximum absolute atomic E-state index is 12.3. The Morgan fingerprint density at radius 2 is 1.88 bits per heavy atom. The summed E-state index contributed by atoms with van der Waals surface area (Å²) in [5.41, 5.74) is 2.96. The third-order valence-corrected chi connectivity index (χ3v) is 4.37. The van der Waals surface area contributed by atoms with Crippen LogP contribution in [0.25, 0.3) is 17.2 Å². The fourth-order valence-electron chi connectivity index (χ4n) is 3.18. The molecule has 0 atom stereocenters. The smallest absolute Gasteiger partial charge is 0.254 e. The lowest BCUT2D eigenvalue weighted by molar-refractivity contribution is 0.458. The van der Waals surface area contributed by atoms with Crippen LogP contribution < -0.4 is 10.3 Å². The van der Waals surface area contributed by atoms with E-state index in [0.717, 1.165) is 16.7 Å². The van der Waals surface area contributed by atoms with Crippen LogP contribution in [-0.4, -0.2) is 9.67 Å². The molecule has 0 unspecified atom stereocenters. The van der Waals surface area contributed by atoms with Gasteiger partial charge in [-0.1, -0.05) is 36.4 Å². The quantitative estimate of drug-likeness (QED) is 0.785. The van der Waals surface area contributed by atoms with E-state index in [4.69, 9.17) is 4.74 Å². The Morgan fingerprint density at radius 3 is 2.68 bits per heavy atom. The number of aromatic hydroxyl groups is 1. The Morgan fingerprint density at radius 1 is 1.08 bits per heavy atom. The zero-order chi connectivity index (χ0) is 17.4. The number of para-hydroxylation sites is 1. The second-order valence-electron chi connectivity index (χ2n) is 6.02. The van der Waals surface area contributed by atoms with Gasteiger partial charge in [-0.15, -0.1) is 0 Å². The van der Waals surface area contributed by atoms with Crippen molar-refractivity contribution in [3.05, 3.63) is 82.3 Å².